The number of cyclic esters (lactones) is 1. The molecule has 13 atom stereocenters. The number of ketones is 1. The van der Waals surface area contributed by atoms with Crippen LogP contribution >= 0.6 is 0 Å². The number of amides is 1. The minimum Gasteiger partial charge on any atom is -0.458 e. The molecule has 2 unspecified atom stereocenters. The first-order chi connectivity index (χ1) is 29.6. The Morgan fingerprint density at radius 3 is 2.16 bits per heavy atom. The van der Waals surface area contributed by atoms with Gasteiger partial charge in [-0.3, -0.25) is 19.4 Å². The summed E-state index contributed by atoms with van der Waals surface area (Å²) in [5.41, 5.74) is 8.97. The van der Waals surface area contributed by atoms with Crippen molar-refractivity contribution in [2.45, 2.75) is 161 Å². The molecule has 3 saturated heterocycles. The molecule has 1 amide bonds. The molecule has 0 saturated carbocycles. The quantitative estimate of drug-likeness (QED) is 0.0487. The van der Waals surface area contributed by atoms with Crippen molar-refractivity contribution in [1.29, 1.82) is 0 Å². The van der Waals surface area contributed by atoms with E-state index in [0.717, 1.165) is 19.5 Å². The van der Waals surface area contributed by atoms with Gasteiger partial charge in [0.15, 0.2) is 17.7 Å². The molecular formula is C48H72N6O8. The molecule has 3 aliphatic rings. The van der Waals surface area contributed by atoms with Crippen LogP contribution in [0.1, 0.15) is 106 Å². The van der Waals surface area contributed by atoms with Crippen molar-refractivity contribution in [3.05, 3.63) is 82.2 Å². The summed E-state index contributed by atoms with van der Waals surface area (Å²) in [6, 6.07) is 20.3. The molecule has 62 heavy (non-hydrogen) atoms. The van der Waals surface area contributed by atoms with Gasteiger partial charge in [0.1, 0.15) is 12.0 Å². The normalized spacial score (nSPS) is 35.0. The zero-order chi connectivity index (χ0) is 45.2. The number of ether oxygens (including phenoxy) is 5. The zero-order valence-corrected chi connectivity index (χ0v) is 38.7. The summed E-state index contributed by atoms with van der Waals surface area (Å²) < 4.78 is 32.7. The molecule has 0 bridgehead atoms. The van der Waals surface area contributed by atoms with E-state index < -0.39 is 59.6 Å². The maximum Gasteiger partial charge on any atom is 0.410 e. The van der Waals surface area contributed by atoms with Gasteiger partial charge in [-0.15, -0.1) is 0 Å². The molecule has 2 aromatic carbocycles. The highest BCUT2D eigenvalue weighted by Gasteiger charge is 2.58. The van der Waals surface area contributed by atoms with Crippen molar-refractivity contribution in [1.82, 2.24) is 15.1 Å². The third-order valence-electron chi connectivity index (χ3n) is 13.7. The SMILES string of the molecule is CC[C@H]1OC(=O)[C@H](C)C(=O)[C@H](C)[C@@H](O[C@@H]2O[C@H](C)CC(N(Cc3ccccc3)Cc3ccccc3)C2C)[C@](C)(OC)C[C@@H](C)CN[C@H](C)[C@H]2N(CCCCN=[N+]=[N-])C(=O)O[C@]12C. The lowest BCUT2D eigenvalue weighted by molar-refractivity contribution is -0.282. The van der Waals surface area contributed by atoms with Crippen LogP contribution in [0.4, 0.5) is 4.79 Å². The number of carbonyl (C=O) groups excluding carboxylic acids is 3. The van der Waals surface area contributed by atoms with Gasteiger partial charge in [0, 0.05) is 62.1 Å². The molecule has 0 aliphatic carbocycles. The average molecular weight is 861 g/mol. The number of rotatable bonds is 14. The van der Waals surface area contributed by atoms with E-state index in [9.17, 15) is 14.4 Å². The fraction of sp³-hybridized carbons (Fsp3) is 0.688. The summed E-state index contributed by atoms with van der Waals surface area (Å²) in [6.45, 7) is 20.2. The molecule has 14 heteroatoms. The van der Waals surface area contributed by atoms with Crippen LogP contribution in [0.15, 0.2) is 65.8 Å². The monoisotopic (exact) mass is 861 g/mol. The topological polar surface area (TPSA) is 165 Å². The second-order valence-corrected chi connectivity index (χ2v) is 18.5. The fourth-order valence-corrected chi connectivity index (χ4v) is 10.2. The molecular weight excluding hydrogens is 789 g/mol. The first-order valence-corrected chi connectivity index (χ1v) is 22.7. The number of methoxy groups -OCH3 is 1. The van der Waals surface area contributed by atoms with Crippen LogP contribution in [0.3, 0.4) is 0 Å². The number of Topliss-reactive ketones (excluding diaryl/α,β-unsaturated/α-hetero) is 1. The standard InChI is InChI=1S/C48H72N6O8/c1-11-40-48(9)42(54(46(57)62-48)25-19-18-24-51-52-49)36(7)50-28-31(2)27-47(8,58-10)43(34(5)41(55)35(6)44(56)60-40)61-45-33(4)39(26-32(3)59-45)53(29-37-20-14-12-15-21-37)30-38-22-16-13-17-23-38/h12-17,20-23,31-36,39-40,42-43,45,50H,11,18-19,24-30H2,1-10H3/t31-,32-,33?,34+,35-,36-,39?,40-,42-,43-,45+,47-,48-/m1/s1. The van der Waals surface area contributed by atoms with Gasteiger partial charge in [0.25, 0.3) is 0 Å². The molecule has 5 rings (SSSR count). The first kappa shape index (κ1) is 49.0. The lowest BCUT2D eigenvalue weighted by Crippen LogP contribution is -2.61. The van der Waals surface area contributed by atoms with E-state index in [-0.39, 0.29) is 35.8 Å². The Hall–Kier alpha value is -4.04. The van der Waals surface area contributed by atoms with E-state index in [1.165, 1.54) is 11.1 Å². The number of carbonyl (C=O) groups is 3. The predicted molar refractivity (Wildman–Crippen MR) is 238 cm³/mol. The lowest BCUT2D eigenvalue weighted by Gasteiger charge is -2.48. The summed E-state index contributed by atoms with van der Waals surface area (Å²) in [5.74, 6) is -3.05. The maximum atomic E-state index is 14.7. The van der Waals surface area contributed by atoms with Crippen molar-refractivity contribution in [2.24, 2.45) is 28.8 Å². The molecule has 342 valence electrons. The van der Waals surface area contributed by atoms with Gasteiger partial charge in [-0.05, 0) is 95.8 Å². The van der Waals surface area contributed by atoms with Crippen molar-refractivity contribution in [3.8, 4) is 0 Å². The molecule has 3 heterocycles. The number of benzene rings is 2. The number of nitrogens with one attached hydrogen (secondary N) is 1. The fourth-order valence-electron chi connectivity index (χ4n) is 10.2. The molecule has 0 spiro atoms. The largest absolute Gasteiger partial charge is 0.458 e. The zero-order valence-electron chi connectivity index (χ0n) is 38.7. The summed E-state index contributed by atoms with van der Waals surface area (Å²) in [5, 5.41) is 7.34. The van der Waals surface area contributed by atoms with Crippen LogP contribution in [-0.2, 0) is 46.4 Å². The molecule has 14 nitrogen and oxygen atoms in total. The van der Waals surface area contributed by atoms with Crippen molar-refractivity contribution < 1.29 is 38.1 Å². The maximum absolute atomic E-state index is 14.7. The Bertz CT molecular complexity index is 1780. The van der Waals surface area contributed by atoms with Gasteiger partial charge in [0.2, 0.25) is 0 Å². The molecule has 3 fully saturated rings. The third-order valence-corrected chi connectivity index (χ3v) is 13.7. The minimum atomic E-state index is -1.22. The van der Waals surface area contributed by atoms with Crippen LogP contribution in [0.2, 0.25) is 0 Å². The smallest absolute Gasteiger partial charge is 0.410 e. The van der Waals surface area contributed by atoms with E-state index in [0.29, 0.717) is 45.3 Å². The number of hydrogen-bond donors (Lipinski definition) is 1. The first-order valence-electron chi connectivity index (χ1n) is 22.7. The summed E-state index contributed by atoms with van der Waals surface area (Å²) in [4.78, 5) is 49.5. The second-order valence-electron chi connectivity index (χ2n) is 18.5. The van der Waals surface area contributed by atoms with Crippen LogP contribution < -0.4 is 5.32 Å². The second kappa shape index (κ2) is 22.0. The van der Waals surface area contributed by atoms with Crippen LogP contribution in [0.5, 0.6) is 0 Å². The summed E-state index contributed by atoms with van der Waals surface area (Å²) >= 11 is 0. The van der Waals surface area contributed by atoms with Gasteiger partial charge in [-0.2, -0.15) is 0 Å². The van der Waals surface area contributed by atoms with Gasteiger partial charge >= 0.3 is 12.1 Å². The average Bonchev–Trinajstić information content (AvgIpc) is 3.52. The van der Waals surface area contributed by atoms with Crippen LogP contribution in [0.25, 0.3) is 10.4 Å². The van der Waals surface area contributed by atoms with Crippen molar-refractivity contribution >= 4 is 17.8 Å². The van der Waals surface area contributed by atoms with Crippen molar-refractivity contribution in [3.63, 3.8) is 0 Å². The Balaban J connectivity index is 1.46. The minimum absolute atomic E-state index is 0.0170. The Kier molecular flexibility index (Phi) is 17.4. The van der Waals surface area contributed by atoms with Gasteiger partial charge in [0.05, 0.1) is 23.9 Å². The van der Waals surface area contributed by atoms with Gasteiger partial charge in [-0.25, -0.2) is 4.79 Å². The summed E-state index contributed by atoms with van der Waals surface area (Å²) in [7, 11) is 1.65. The highest BCUT2D eigenvalue weighted by atomic mass is 16.7. The van der Waals surface area contributed by atoms with Crippen LogP contribution in [0, 0.1) is 23.7 Å². The highest BCUT2D eigenvalue weighted by Crippen LogP contribution is 2.41. The predicted octanol–water partition coefficient (Wildman–Crippen LogP) is 8.47. The molecule has 0 aromatic heterocycles. The lowest BCUT2D eigenvalue weighted by atomic mass is 9.78. The van der Waals surface area contributed by atoms with E-state index in [1.54, 1.807) is 18.9 Å². The molecule has 3 aliphatic heterocycles. The van der Waals surface area contributed by atoms with Crippen LogP contribution in [-0.4, -0.2) is 108 Å². The number of esters is 1. The molecule has 0 radical (unpaired) electrons. The van der Waals surface area contributed by atoms with Crippen molar-refractivity contribution in [2.75, 3.05) is 26.7 Å². The Labute approximate surface area is 369 Å². The number of nitrogens with zero attached hydrogens (tertiary/aromatic N) is 5. The number of azide groups is 1. The number of fused-ring (bicyclic) bond motifs is 1. The van der Waals surface area contributed by atoms with Gasteiger partial charge < -0.3 is 29.0 Å². The number of hydrogen-bond acceptors (Lipinski definition) is 11. The van der Waals surface area contributed by atoms with E-state index >= 15 is 0 Å². The van der Waals surface area contributed by atoms with E-state index in [4.69, 9.17) is 29.2 Å². The molecule has 2 aromatic rings. The van der Waals surface area contributed by atoms with E-state index in [2.05, 4.69) is 89.5 Å². The van der Waals surface area contributed by atoms with E-state index in [1.807, 2.05) is 46.8 Å². The van der Waals surface area contributed by atoms with Gasteiger partial charge in [-0.1, -0.05) is 93.5 Å². The summed E-state index contributed by atoms with van der Waals surface area (Å²) in [6.07, 6.45) is -0.0900. The highest BCUT2D eigenvalue weighted by molar-refractivity contribution is 6.00. The Morgan fingerprint density at radius 2 is 1.58 bits per heavy atom. The number of unbranched alkanes of at least 4 members (excludes halogenated alkanes) is 1. The molecule has 1 N–H and O–H groups in total. The third kappa shape index (κ3) is 11.6. The Morgan fingerprint density at radius 1 is 0.952 bits per heavy atom.